The Morgan fingerprint density at radius 3 is 2.92 bits per heavy atom. The van der Waals surface area contributed by atoms with E-state index in [1.807, 2.05) is 17.0 Å². The molecule has 0 unspecified atom stereocenters. The number of amides is 1. The first-order chi connectivity index (χ1) is 12.5. The van der Waals surface area contributed by atoms with E-state index in [9.17, 15) is 4.79 Å². The van der Waals surface area contributed by atoms with Crippen molar-refractivity contribution in [1.82, 2.24) is 10.2 Å². The minimum Gasteiger partial charge on any atom is -0.491 e. The van der Waals surface area contributed by atoms with Gasteiger partial charge in [-0.1, -0.05) is 44.0 Å². The molecular weight excluding hydrogens is 460 g/mol. The van der Waals surface area contributed by atoms with Crippen molar-refractivity contribution in [2.45, 2.75) is 26.4 Å². The van der Waals surface area contributed by atoms with Gasteiger partial charge in [0.15, 0.2) is 0 Å². The summed E-state index contributed by atoms with van der Waals surface area (Å²) in [7, 11) is 0. The van der Waals surface area contributed by atoms with Gasteiger partial charge in [-0.3, -0.25) is 4.79 Å². The molecule has 26 heavy (non-hydrogen) atoms. The van der Waals surface area contributed by atoms with Crippen LogP contribution in [-0.2, 0) is 19.5 Å². The van der Waals surface area contributed by atoms with Gasteiger partial charge in [0, 0.05) is 40.7 Å². The molecule has 1 N–H and O–H groups in total. The van der Waals surface area contributed by atoms with Crippen LogP contribution in [-0.4, -0.2) is 30.5 Å². The van der Waals surface area contributed by atoms with Crippen molar-refractivity contribution in [1.29, 1.82) is 0 Å². The smallest absolute Gasteiger partial charge is 0.257 e. The second-order valence-electron chi connectivity index (χ2n) is 6.78. The lowest BCUT2D eigenvalue weighted by molar-refractivity contribution is 0.0729. The maximum absolute atomic E-state index is 13.3. The molecule has 4 nitrogen and oxygen atoms in total. The Kier molecular flexibility index (Phi) is 5.08. The molecule has 2 aromatic carbocycles. The number of nitrogens with one attached hydrogen (secondary N) is 1. The molecule has 1 amide bonds. The SMILES string of the molecule is Cc1ccc2c(c1Br)CN(C(=O)c1cc(Br)cc3c1OCCNC3)CC2. The van der Waals surface area contributed by atoms with Crippen molar-refractivity contribution in [3.05, 3.63) is 61.0 Å². The predicted molar refractivity (Wildman–Crippen MR) is 109 cm³/mol. The van der Waals surface area contributed by atoms with E-state index < -0.39 is 0 Å². The fourth-order valence-corrected chi connectivity index (χ4v) is 4.63. The number of halogens is 2. The quantitative estimate of drug-likeness (QED) is 0.666. The summed E-state index contributed by atoms with van der Waals surface area (Å²) in [6, 6.07) is 8.22. The largest absolute Gasteiger partial charge is 0.491 e. The number of aryl methyl sites for hydroxylation is 1. The molecule has 2 aliphatic rings. The summed E-state index contributed by atoms with van der Waals surface area (Å²) in [6.07, 6.45) is 0.874. The van der Waals surface area contributed by atoms with Crippen LogP contribution in [0.2, 0.25) is 0 Å². The van der Waals surface area contributed by atoms with E-state index in [0.29, 0.717) is 25.3 Å². The van der Waals surface area contributed by atoms with Gasteiger partial charge in [0.2, 0.25) is 0 Å². The summed E-state index contributed by atoms with van der Waals surface area (Å²) in [5.41, 5.74) is 5.40. The van der Waals surface area contributed by atoms with Gasteiger partial charge in [-0.25, -0.2) is 0 Å². The Labute approximate surface area is 170 Å². The standard InChI is InChI=1S/C20H20Br2N2O2/c1-12-2-3-13-4-6-24(11-17(13)18(12)22)20(25)16-9-15(21)8-14-10-23-5-7-26-19(14)16/h2-3,8-9,23H,4-7,10-11H2,1H3. The van der Waals surface area contributed by atoms with Crippen LogP contribution in [0.15, 0.2) is 33.2 Å². The summed E-state index contributed by atoms with van der Waals surface area (Å²) in [4.78, 5) is 15.3. The minimum atomic E-state index is 0.0310. The van der Waals surface area contributed by atoms with Gasteiger partial charge >= 0.3 is 0 Å². The molecule has 0 aromatic heterocycles. The molecular formula is C20H20Br2N2O2. The highest BCUT2D eigenvalue weighted by Gasteiger charge is 2.27. The van der Waals surface area contributed by atoms with E-state index in [-0.39, 0.29) is 5.91 Å². The first-order valence-electron chi connectivity index (χ1n) is 8.76. The number of hydrogen-bond acceptors (Lipinski definition) is 3. The molecule has 2 aromatic rings. The third-order valence-electron chi connectivity index (χ3n) is 5.02. The first kappa shape index (κ1) is 18.0. The predicted octanol–water partition coefficient (Wildman–Crippen LogP) is 4.20. The van der Waals surface area contributed by atoms with Crippen molar-refractivity contribution in [2.24, 2.45) is 0 Å². The highest BCUT2D eigenvalue weighted by molar-refractivity contribution is 9.10. The Bertz CT molecular complexity index is 883. The lowest BCUT2D eigenvalue weighted by Crippen LogP contribution is -2.36. The number of ether oxygens (including phenoxy) is 1. The maximum Gasteiger partial charge on any atom is 0.257 e. The molecule has 0 radical (unpaired) electrons. The Morgan fingerprint density at radius 1 is 1.23 bits per heavy atom. The van der Waals surface area contributed by atoms with E-state index in [1.165, 1.54) is 16.7 Å². The number of carbonyl (C=O) groups excluding carboxylic acids is 1. The fraction of sp³-hybridized carbons (Fsp3) is 0.350. The minimum absolute atomic E-state index is 0.0310. The molecule has 2 aliphatic heterocycles. The van der Waals surface area contributed by atoms with Crippen LogP contribution in [0.1, 0.15) is 32.6 Å². The number of hydrogen-bond donors (Lipinski definition) is 1. The maximum atomic E-state index is 13.3. The topological polar surface area (TPSA) is 41.6 Å². The zero-order valence-electron chi connectivity index (χ0n) is 14.6. The summed E-state index contributed by atoms with van der Waals surface area (Å²) in [5.74, 6) is 0.751. The van der Waals surface area contributed by atoms with Gasteiger partial charge in [0.05, 0.1) is 5.56 Å². The summed E-state index contributed by atoms with van der Waals surface area (Å²) in [6.45, 7) is 5.49. The normalized spacial score (nSPS) is 16.3. The molecule has 2 heterocycles. The first-order valence-corrected chi connectivity index (χ1v) is 10.4. The average molecular weight is 480 g/mol. The van der Waals surface area contributed by atoms with Crippen LogP contribution in [0.5, 0.6) is 5.75 Å². The second kappa shape index (κ2) is 7.33. The molecule has 0 atom stereocenters. The number of rotatable bonds is 1. The summed E-state index contributed by atoms with van der Waals surface area (Å²) >= 11 is 7.25. The molecule has 0 saturated heterocycles. The van der Waals surface area contributed by atoms with Gasteiger partial charge in [0.25, 0.3) is 5.91 Å². The molecule has 0 bridgehead atoms. The third-order valence-corrected chi connectivity index (χ3v) is 6.58. The van der Waals surface area contributed by atoms with Crippen LogP contribution in [0.4, 0.5) is 0 Å². The lowest BCUT2D eigenvalue weighted by atomic mass is 9.97. The highest BCUT2D eigenvalue weighted by Crippen LogP contribution is 2.34. The van der Waals surface area contributed by atoms with Gasteiger partial charge in [0.1, 0.15) is 12.4 Å². The Balaban J connectivity index is 1.69. The van der Waals surface area contributed by atoms with Crippen LogP contribution >= 0.6 is 31.9 Å². The van der Waals surface area contributed by atoms with Crippen LogP contribution in [0.25, 0.3) is 0 Å². The van der Waals surface area contributed by atoms with Crippen LogP contribution in [0.3, 0.4) is 0 Å². The Hall–Kier alpha value is -1.37. The van der Waals surface area contributed by atoms with E-state index in [4.69, 9.17) is 4.74 Å². The average Bonchev–Trinajstić information content (AvgIpc) is 2.88. The zero-order valence-corrected chi connectivity index (χ0v) is 17.7. The lowest BCUT2D eigenvalue weighted by Gasteiger charge is -2.31. The van der Waals surface area contributed by atoms with E-state index in [1.54, 1.807) is 0 Å². The zero-order chi connectivity index (χ0) is 18.3. The van der Waals surface area contributed by atoms with Gasteiger partial charge in [-0.15, -0.1) is 0 Å². The van der Waals surface area contributed by atoms with Crippen molar-refractivity contribution < 1.29 is 9.53 Å². The van der Waals surface area contributed by atoms with Gasteiger partial charge < -0.3 is 15.0 Å². The molecule has 4 rings (SSSR count). The number of fused-ring (bicyclic) bond motifs is 2. The number of carbonyl (C=O) groups is 1. The van der Waals surface area contributed by atoms with E-state index in [2.05, 4.69) is 56.2 Å². The Morgan fingerprint density at radius 2 is 2.08 bits per heavy atom. The second-order valence-corrected chi connectivity index (χ2v) is 8.49. The van der Waals surface area contributed by atoms with Crippen molar-refractivity contribution in [2.75, 3.05) is 19.7 Å². The number of nitrogens with zero attached hydrogens (tertiary/aromatic N) is 1. The van der Waals surface area contributed by atoms with Gasteiger partial charge in [-0.2, -0.15) is 0 Å². The molecule has 0 fully saturated rings. The van der Waals surface area contributed by atoms with E-state index in [0.717, 1.165) is 39.8 Å². The molecule has 0 spiro atoms. The molecule has 6 heteroatoms. The third kappa shape index (κ3) is 3.30. The number of benzene rings is 2. The van der Waals surface area contributed by atoms with Crippen LogP contribution in [0, 0.1) is 6.92 Å². The summed E-state index contributed by atoms with van der Waals surface area (Å²) in [5, 5.41) is 3.33. The monoisotopic (exact) mass is 478 g/mol. The van der Waals surface area contributed by atoms with Crippen molar-refractivity contribution >= 4 is 37.8 Å². The van der Waals surface area contributed by atoms with Crippen molar-refractivity contribution in [3.8, 4) is 5.75 Å². The highest BCUT2D eigenvalue weighted by atomic mass is 79.9. The summed E-state index contributed by atoms with van der Waals surface area (Å²) < 4.78 is 7.93. The van der Waals surface area contributed by atoms with Crippen molar-refractivity contribution in [3.63, 3.8) is 0 Å². The van der Waals surface area contributed by atoms with Gasteiger partial charge in [-0.05, 0) is 42.2 Å². The fourth-order valence-electron chi connectivity index (χ4n) is 3.61. The van der Waals surface area contributed by atoms with E-state index >= 15 is 0 Å². The van der Waals surface area contributed by atoms with Crippen LogP contribution < -0.4 is 10.1 Å². The molecule has 0 aliphatic carbocycles. The molecule has 136 valence electrons. The molecule has 0 saturated carbocycles.